The third-order valence-corrected chi connectivity index (χ3v) is 5.24. The molecule has 1 atom stereocenters. The Hall–Kier alpha value is -3.22. The number of carboxylic acid groups (broad SMARTS) is 1. The molecule has 2 aromatic rings. The van der Waals surface area contributed by atoms with Crippen LogP contribution in [0, 0.1) is 0 Å². The van der Waals surface area contributed by atoms with Gasteiger partial charge in [0.1, 0.15) is 29.7 Å². The van der Waals surface area contributed by atoms with E-state index in [0.717, 1.165) is 29.7 Å². The number of aryl methyl sites for hydroxylation is 2. The summed E-state index contributed by atoms with van der Waals surface area (Å²) < 4.78 is 16.6. The van der Waals surface area contributed by atoms with Gasteiger partial charge in [-0.25, -0.2) is 9.59 Å². The number of fused-ring (bicyclic) bond motifs is 1. The molecule has 0 spiro atoms. The van der Waals surface area contributed by atoms with E-state index < -0.39 is 23.7 Å². The van der Waals surface area contributed by atoms with Crippen LogP contribution in [-0.2, 0) is 35.4 Å². The molecule has 0 aromatic heterocycles. The molecule has 0 bridgehead atoms. The monoisotopic (exact) mass is 441 g/mol. The lowest BCUT2D eigenvalue weighted by molar-refractivity contribution is -0.139. The van der Waals surface area contributed by atoms with E-state index in [2.05, 4.69) is 17.4 Å². The number of alkyl carbamates (subject to hydrolysis) is 1. The van der Waals surface area contributed by atoms with Crippen molar-refractivity contribution in [1.29, 1.82) is 0 Å². The Morgan fingerprint density at radius 2 is 1.84 bits per heavy atom. The van der Waals surface area contributed by atoms with Crippen LogP contribution >= 0.6 is 0 Å². The highest BCUT2D eigenvalue weighted by molar-refractivity contribution is 5.80. The second-order valence-corrected chi connectivity index (χ2v) is 8.96. The quantitative estimate of drug-likeness (QED) is 0.635. The molecule has 0 saturated heterocycles. The van der Waals surface area contributed by atoms with Gasteiger partial charge in [0, 0.05) is 12.0 Å². The van der Waals surface area contributed by atoms with Crippen molar-refractivity contribution >= 4 is 12.1 Å². The van der Waals surface area contributed by atoms with Crippen molar-refractivity contribution < 1.29 is 28.9 Å². The average molecular weight is 442 g/mol. The first-order chi connectivity index (χ1) is 15.1. The summed E-state index contributed by atoms with van der Waals surface area (Å²) in [7, 11) is 1.58. The lowest BCUT2D eigenvalue weighted by Crippen LogP contribution is -2.44. The van der Waals surface area contributed by atoms with Gasteiger partial charge in [-0.3, -0.25) is 0 Å². The van der Waals surface area contributed by atoms with E-state index in [0.29, 0.717) is 5.75 Å². The molecule has 2 N–H and O–H groups in total. The topological polar surface area (TPSA) is 94.1 Å². The van der Waals surface area contributed by atoms with Crippen LogP contribution in [0.4, 0.5) is 4.79 Å². The largest absolute Gasteiger partial charge is 0.496 e. The third-order valence-electron chi connectivity index (χ3n) is 5.24. The van der Waals surface area contributed by atoms with Crippen LogP contribution in [0.1, 0.15) is 49.4 Å². The maximum absolute atomic E-state index is 12.0. The molecule has 1 aliphatic carbocycles. The first-order valence-electron chi connectivity index (χ1n) is 10.8. The maximum Gasteiger partial charge on any atom is 0.408 e. The second-order valence-electron chi connectivity index (χ2n) is 8.96. The zero-order chi connectivity index (χ0) is 23.3. The first-order valence-corrected chi connectivity index (χ1v) is 10.8. The molecule has 0 radical (unpaired) electrons. The van der Waals surface area contributed by atoms with Gasteiger partial charge in [-0.15, -0.1) is 0 Å². The molecule has 7 heteroatoms. The van der Waals surface area contributed by atoms with Crippen LogP contribution in [-0.4, -0.2) is 35.9 Å². The van der Waals surface area contributed by atoms with E-state index in [1.165, 1.54) is 17.5 Å². The highest BCUT2D eigenvalue weighted by Crippen LogP contribution is 2.28. The molecule has 0 saturated carbocycles. The highest BCUT2D eigenvalue weighted by atomic mass is 16.6. The standard InChI is InChI=1S/C25H31NO6/c1-25(2,3)32-24(29)26-21(23(27)28)13-16-8-11-22(30-4)19(12-16)15-31-20-10-9-17-6-5-7-18(17)14-20/h8-12,14,21H,5-7,13,15H2,1-4H3,(H,26,29)(H,27,28). The fourth-order valence-electron chi connectivity index (χ4n) is 3.76. The Morgan fingerprint density at radius 3 is 2.53 bits per heavy atom. The predicted octanol–water partition coefficient (Wildman–Crippen LogP) is 4.28. The number of ether oxygens (including phenoxy) is 3. The Bertz CT molecular complexity index is 979. The van der Waals surface area contributed by atoms with Crippen LogP contribution in [0.15, 0.2) is 36.4 Å². The number of amides is 1. The summed E-state index contributed by atoms with van der Waals surface area (Å²) >= 11 is 0. The lowest BCUT2D eigenvalue weighted by Gasteiger charge is -2.22. The summed E-state index contributed by atoms with van der Waals surface area (Å²) in [6.45, 7) is 5.45. The predicted molar refractivity (Wildman–Crippen MR) is 120 cm³/mol. The number of carbonyl (C=O) groups is 2. The van der Waals surface area contributed by atoms with E-state index in [4.69, 9.17) is 14.2 Å². The van der Waals surface area contributed by atoms with E-state index in [9.17, 15) is 14.7 Å². The Kier molecular flexibility index (Phi) is 7.28. The minimum absolute atomic E-state index is 0.102. The minimum atomic E-state index is -1.14. The number of carboxylic acids is 1. The summed E-state index contributed by atoms with van der Waals surface area (Å²) in [4.78, 5) is 23.7. The van der Waals surface area contributed by atoms with Gasteiger partial charge < -0.3 is 24.6 Å². The SMILES string of the molecule is COc1ccc(CC(NC(=O)OC(C)(C)C)C(=O)O)cc1COc1ccc2c(c1)CCC2. The van der Waals surface area contributed by atoms with Crippen LogP contribution in [0.5, 0.6) is 11.5 Å². The van der Waals surface area contributed by atoms with E-state index in [-0.39, 0.29) is 13.0 Å². The van der Waals surface area contributed by atoms with Crippen molar-refractivity contribution in [3.05, 3.63) is 58.7 Å². The number of benzene rings is 2. The van der Waals surface area contributed by atoms with Crippen LogP contribution < -0.4 is 14.8 Å². The van der Waals surface area contributed by atoms with Gasteiger partial charge in [0.2, 0.25) is 0 Å². The zero-order valence-electron chi connectivity index (χ0n) is 19.1. The van der Waals surface area contributed by atoms with Crippen molar-refractivity contribution in [2.24, 2.45) is 0 Å². The van der Waals surface area contributed by atoms with E-state index in [1.54, 1.807) is 40.0 Å². The molecule has 0 aliphatic heterocycles. The number of hydrogen-bond donors (Lipinski definition) is 2. The highest BCUT2D eigenvalue weighted by Gasteiger charge is 2.24. The van der Waals surface area contributed by atoms with Gasteiger partial charge in [-0.2, -0.15) is 0 Å². The van der Waals surface area contributed by atoms with Crippen LogP contribution in [0.25, 0.3) is 0 Å². The Labute approximate surface area is 188 Å². The molecule has 32 heavy (non-hydrogen) atoms. The summed E-state index contributed by atoms with van der Waals surface area (Å²) in [6, 6.07) is 10.5. The van der Waals surface area contributed by atoms with E-state index in [1.807, 2.05) is 12.1 Å². The van der Waals surface area contributed by atoms with E-state index >= 15 is 0 Å². The average Bonchev–Trinajstić information content (AvgIpc) is 3.18. The van der Waals surface area contributed by atoms with Crippen molar-refractivity contribution in [2.75, 3.05) is 7.11 Å². The number of rotatable bonds is 8. The van der Waals surface area contributed by atoms with Gasteiger partial charge in [-0.1, -0.05) is 12.1 Å². The molecule has 1 amide bonds. The number of nitrogens with one attached hydrogen (secondary N) is 1. The Balaban J connectivity index is 1.70. The van der Waals surface area contributed by atoms with Crippen molar-refractivity contribution in [2.45, 2.75) is 64.7 Å². The smallest absolute Gasteiger partial charge is 0.408 e. The van der Waals surface area contributed by atoms with Crippen molar-refractivity contribution in [3.8, 4) is 11.5 Å². The molecular formula is C25H31NO6. The second kappa shape index (κ2) is 9.94. The lowest BCUT2D eigenvalue weighted by atomic mass is 10.0. The molecule has 0 heterocycles. The molecule has 2 aromatic carbocycles. The maximum atomic E-state index is 12.0. The summed E-state index contributed by atoms with van der Waals surface area (Å²) in [6.07, 6.45) is 2.71. The summed E-state index contributed by atoms with van der Waals surface area (Å²) in [5.74, 6) is 0.317. The molecule has 1 unspecified atom stereocenters. The number of aliphatic carboxylic acids is 1. The summed E-state index contributed by atoms with van der Waals surface area (Å²) in [5.41, 5.74) is 3.54. The molecule has 1 aliphatic rings. The molecule has 0 fully saturated rings. The van der Waals surface area contributed by atoms with Gasteiger partial charge in [0.15, 0.2) is 0 Å². The molecule has 172 valence electrons. The fourth-order valence-corrected chi connectivity index (χ4v) is 3.76. The third kappa shape index (κ3) is 6.39. The normalized spacial score (nSPS) is 13.8. The van der Waals surface area contributed by atoms with Crippen LogP contribution in [0.3, 0.4) is 0 Å². The molecule has 3 rings (SSSR count). The van der Waals surface area contributed by atoms with Crippen LogP contribution in [0.2, 0.25) is 0 Å². The van der Waals surface area contributed by atoms with Gasteiger partial charge in [0.05, 0.1) is 7.11 Å². The molecule has 7 nitrogen and oxygen atoms in total. The van der Waals surface area contributed by atoms with Crippen molar-refractivity contribution in [3.63, 3.8) is 0 Å². The first kappa shape index (κ1) is 23.4. The number of methoxy groups -OCH3 is 1. The zero-order valence-corrected chi connectivity index (χ0v) is 19.1. The minimum Gasteiger partial charge on any atom is -0.496 e. The van der Waals surface area contributed by atoms with Gasteiger partial charge in [0.25, 0.3) is 0 Å². The molecular weight excluding hydrogens is 410 g/mol. The number of carbonyl (C=O) groups excluding carboxylic acids is 1. The van der Waals surface area contributed by atoms with Gasteiger partial charge >= 0.3 is 12.1 Å². The summed E-state index contributed by atoms with van der Waals surface area (Å²) in [5, 5.41) is 12.0. The Morgan fingerprint density at radius 1 is 1.09 bits per heavy atom. The van der Waals surface area contributed by atoms with Crippen molar-refractivity contribution in [1.82, 2.24) is 5.32 Å². The number of hydrogen-bond acceptors (Lipinski definition) is 5. The van der Waals surface area contributed by atoms with Gasteiger partial charge in [-0.05, 0) is 81.0 Å². The fraction of sp³-hybridized carbons (Fsp3) is 0.440.